The van der Waals surface area contributed by atoms with E-state index in [0.717, 1.165) is 75.5 Å². The lowest BCUT2D eigenvalue weighted by Crippen LogP contribution is -2.30. The summed E-state index contributed by atoms with van der Waals surface area (Å²) >= 11 is 0. The van der Waals surface area contributed by atoms with Gasteiger partial charge in [-0.1, -0.05) is 221 Å². The second-order valence-corrected chi connectivity index (χ2v) is 17.7. The van der Waals surface area contributed by atoms with Crippen molar-refractivity contribution in [3.05, 3.63) is 0 Å². The van der Waals surface area contributed by atoms with Gasteiger partial charge in [0, 0.05) is 19.3 Å². The Morgan fingerprint density at radius 1 is 0.364 bits per heavy atom. The first kappa shape index (κ1) is 53.4. The van der Waals surface area contributed by atoms with Gasteiger partial charge >= 0.3 is 17.9 Å². The second kappa shape index (κ2) is 40.6. The first-order valence-electron chi connectivity index (χ1n) is 24.2. The summed E-state index contributed by atoms with van der Waals surface area (Å²) in [4.78, 5) is 37.7. The molecule has 0 radical (unpaired) electrons. The third-order valence-electron chi connectivity index (χ3n) is 11.6. The highest BCUT2D eigenvalue weighted by atomic mass is 16.6. The molecular formula is C49H94O6. The summed E-state index contributed by atoms with van der Waals surface area (Å²) in [6.45, 7) is 13.6. The van der Waals surface area contributed by atoms with E-state index in [1.54, 1.807) is 0 Å². The molecular weight excluding hydrogens is 685 g/mol. The molecule has 3 atom stereocenters. The molecule has 55 heavy (non-hydrogen) atoms. The summed E-state index contributed by atoms with van der Waals surface area (Å²) in [6.07, 6.45) is 38.1. The zero-order valence-corrected chi connectivity index (χ0v) is 37.7. The van der Waals surface area contributed by atoms with E-state index in [2.05, 4.69) is 41.5 Å². The molecule has 0 saturated carbocycles. The molecule has 0 aromatic rings. The standard InChI is InChI=1S/C49H94O6/c1-7-44(5)36-30-24-17-15-13-11-9-10-12-14-16-18-28-34-40-49(52)55-46(41-53-47(50)38-32-26-21-19-23-29-35-43(3)4)42-54-48(51)39-33-27-22-20-25-31-37-45(6)8-2/h43-46H,7-42H2,1-6H3/t44?,45?,46-/m1/s1. The molecule has 0 aliphatic rings. The maximum Gasteiger partial charge on any atom is 0.306 e. The Morgan fingerprint density at radius 3 is 0.945 bits per heavy atom. The first-order chi connectivity index (χ1) is 26.7. The molecule has 326 valence electrons. The topological polar surface area (TPSA) is 78.9 Å². The number of ether oxygens (including phenoxy) is 3. The van der Waals surface area contributed by atoms with Gasteiger partial charge in [-0.25, -0.2) is 0 Å². The van der Waals surface area contributed by atoms with Crippen molar-refractivity contribution in [2.45, 2.75) is 266 Å². The predicted octanol–water partition coefficient (Wildman–Crippen LogP) is 15.2. The average molecular weight is 779 g/mol. The summed E-state index contributed by atoms with van der Waals surface area (Å²) in [5.41, 5.74) is 0. The smallest absolute Gasteiger partial charge is 0.306 e. The van der Waals surface area contributed by atoms with Crippen molar-refractivity contribution in [1.82, 2.24) is 0 Å². The molecule has 0 aromatic heterocycles. The van der Waals surface area contributed by atoms with Gasteiger partial charge in [0.15, 0.2) is 6.10 Å². The van der Waals surface area contributed by atoms with E-state index < -0.39 is 6.10 Å². The van der Waals surface area contributed by atoms with Crippen molar-refractivity contribution in [2.75, 3.05) is 13.2 Å². The van der Waals surface area contributed by atoms with Crippen LogP contribution < -0.4 is 0 Å². The van der Waals surface area contributed by atoms with Crippen molar-refractivity contribution in [2.24, 2.45) is 17.8 Å². The van der Waals surface area contributed by atoms with Gasteiger partial charge in [-0.05, 0) is 37.0 Å². The molecule has 0 N–H and O–H groups in total. The number of carbonyl (C=O) groups excluding carboxylic acids is 3. The van der Waals surface area contributed by atoms with Crippen LogP contribution in [-0.4, -0.2) is 37.2 Å². The van der Waals surface area contributed by atoms with Crippen LogP contribution in [0.25, 0.3) is 0 Å². The molecule has 6 heteroatoms. The molecule has 6 nitrogen and oxygen atoms in total. The highest BCUT2D eigenvalue weighted by Gasteiger charge is 2.19. The van der Waals surface area contributed by atoms with E-state index in [4.69, 9.17) is 14.2 Å². The molecule has 0 spiro atoms. The molecule has 2 unspecified atom stereocenters. The molecule has 0 heterocycles. The lowest BCUT2D eigenvalue weighted by atomic mass is 9.99. The zero-order valence-electron chi connectivity index (χ0n) is 37.7. The van der Waals surface area contributed by atoms with E-state index in [1.165, 1.54) is 141 Å². The summed E-state index contributed by atoms with van der Waals surface area (Å²) < 4.78 is 16.7. The van der Waals surface area contributed by atoms with Gasteiger partial charge in [-0.15, -0.1) is 0 Å². The van der Waals surface area contributed by atoms with Gasteiger partial charge in [0.05, 0.1) is 0 Å². The fourth-order valence-corrected chi connectivity index (χ4v) is 7.17. The third-order valence-corrected chi connectivity index (χ3v) is 11.6. The molecule has 0 amide bonds. The fourth-order valence-electron chi connectivity index (χ4n) is 7.17. The van der Waals surface area contributed by atoms with Crippen LogP contribution in [0.3, 0.4) is 0 Å². The second-order valence-electron chi connectivity index (χ2n) is 17.7. The Kier molecular flexibility index (Phi) is 39.4. The highest BCUT2D eigenvalue weighted by Crippen LogP contribution is 2.18. The van der Waals surface area contributed by atoms with Gasteiger partial charge < -0.3 is 14.2 Å². The normalized spacial score (nSPS) is 13.1. The summed E-state index contributed by atoms with van der Waals surface area (Å²) in [7, 11) is 0. The third kappa shape index (κ3) is 40.4. The lowest BCUT2D eigenvalue weighted by Gasteiger charge is -2.18. The van der Waals surface area contributed by atoms with Crippen LogP contribution in [0.1, 0.15) is 260 Å². The Bertz CT molecular complexity index is 856. The van der Waals surface area contributed by atoms with E-state index in [-0.39, 0.29) is 31.1 Å². The van der Waals surface area contributed by atoms with E-state index in [9.17, 15) is 14.4 Å². The Hall–Kier alpha value is -1.59. The van der Waals surface area contributed by atoms with Crippen LogP contribution in [0, 0.1) is 17.8 Å². The maximum atomic E-state index is 12.7. The van der Waals surface area contributed by atoms with E-state index in [0.29, 0.717) is 19.3 Å². The van der Waals surface area contributed by atoms with Crippen molar-refractivity contribution in [3.8, 4) is 0 Å². The molecule has 0 aromatic carbocycles. The summed E-state index contributed by atoms with van der Waals surface area (Å²) in [6, 6.07) is 0. The van der Waals surface area contributed by atoms with Gasteiger partial charge in [0.1, 0.15) is 13.2 Å². The highest BCUT2D eigenvalue weighted by molar-refractivity contribution is 5.71. The van der Waals surface area contributed by atoms with Crippen LogP contribution >= 0.6 is 0 Å². The van der Waals surface area contributed by atoms with E-state index in [1.807, 2.05) is 0 Å². The molecule has 0 saturated heterocycles. The van der Waals surface area contributed by atoms with Gasteiger partial charge in [0.2, 0.25) is 0 Å². The largest absolute Gasteiger partial charge is 0.462 e. The number of hydrogen-bond donors (Lipinski definition) is 0. The zero-order chi connectivity index (χ0) is 40.6. The quantitative estimate of drug-likeness (QED) is 0.0349. The molecule has 0 fully saturated rings. The van der Waals surface area contributed by atoms with Crippen LogP contribution in [0.5, 0.6) is 0 Å². The summed E-state index contributed by atoms with van der Waals surface area (Å²) in [5.74, 6) is 1.61. The number of hydrogen-bond acceptors (Lipinski definition) is 6. The Morgan fingerprint density at radius 2 is 0.636 bits per heavy atom. The molecule has 0 aliphatic heterocycles. The maximum absolute atomic E-state index is 12.7. The van der Waals surface area contributed by atoms with Crippen molar-refractivity contribution in [3.63, 3.8) is 0 Å². The van der Waals surface area contributed by atoms with Gasteiger partial charge in [0.25, 0.3) is 0 Å². The minimum Gasteiger partial charge on any atom is -0.462 e. The average Bonchev–Trinajstić information content (AvgIpc) is 3.17. The molecule has 0 rings (SSSR count). The molecule has 0 bridgehead atoms. The van der Waals surface area contributed by atoms with E-state index >= 15 is 0 Å². The predicted molar refractivity (Wildman–Crippen MR) is 233 cm³/mol. The SMILES string of the molecule is CCC(C)CCCCCCCCCCCCCCCCC(=O)O[C@H](COC(=O)CCCCCCCCC(C)C)COC(=O)CCCCCCCCC(C)CC. The Labute approximate surface area is 342 Å². The fraction of sp³-hybridized carbons (Fsp3) is 0.939. The number of esters is 3. The van der Waals surface area contributed by atoms with Crippen LogP contribution in [0.15, 0.2) is 0 Å². The molecule has 0 aliphatic carbocycles. The number of rotatable bonds is 42. The minimum atomic E-state index is -0.763. The lowest BCUT2D eigenvalue weighted by molar-refractivity contribution is -0.167. The van der Waals surface area contributed by atoms with Crippen molar-refractivity contribution >= 4 is 17.9 Å². The van der Waals surface area contributed by atoms with Gasteiger partial charge in [-0.2, -0.15) is 0 Å². The number of unbranched alkanes of at least 4 members (excludes halogenated alkanes) is 23. The van der Waals surface area contributed by atoms with Crippen LogP contribution in [0.4, 0.5) is 0 Å². The number of carbonyl (C=O) groups is 3. The minimum absolute atomic E-state index is 0.0672. The summed E-state index contributed by atoms with van der Waals surface area (Å²) in [5, 5.41) is 0. The monoisotopic (exact) mass is 779 g/mol. The van der Waals surface area contributed by atoms with Crippen LogP contribution in [-0.2, 0) is 28.6 Å². The van der Waals surface area contributed by atoms with Crippen LogP contribution in [0.2, 0.25) is 0 Å². The van der Waals surface area contributed by atoms with Crippen molar-refractivity contribution in [1.29, 1.82) is 0 Å². The Balaban J connectivity index is 4.27. The van der Waals surface area contributed by atoms with Crippen molar-refractivity contribution < 1.29 is 28.6 Å². The first-order valence-corrected chi connectivity index (χ1v) is 24.2. The van der Waals surface area contributed by atoms with Gasteiger partial charge in [-0.3, -0.25) is 14.4 Å².